The van der Waals surface area contributed by atoms with E-state index in [1.165, 1.54) is 25.7 Å². The van der Waals surface area contributed by atoms with Gasteiger partial charge in [0.25, 0.3) is 5.91 Å². The number of aryl methyl sites for hydroxylation is 1. The van der Waals surface area contributed by atoms with Crippen LogP contribution in [0, 0.1) is 6.92 Å². The van der Waals surface area contributed by atoms with Gasteiger partial charge in [0.15, 0.2) is 0 Å². The van der Waals surface area contributed by atoms with Crippen LogP contribution >= 0.6 is 0 Å². The van der Waals surface area contributed by atoms with Gasteiger partial charge in [-0.3, -0.25) is 9.78 Å². The number of amides is 1. The molecule has 1 amide bonds. The van der Waals surface area contributed by atoms with Crippen LogP contribution in [-0.2, 0) is 0 Å². The van der Waals surface area contributed by atoms with Gasteiger partial charge in [-0.2, -0.15) is 0 Å². The molecular formula is C14H20N2O. The lowest BCUT2D eigenvalue weighted by molar-refractivity contribution is 0.0954. The molecule has 0 saturated heterocycles. The number of aromatic nitrogens is 1. The number of nitrogens with zero attached hydrogens (tertiary/aromatic N) is 1. The van der Waals surface area contributed by atoms with Crippen molar-refractivity contribution in [2.75, 3.05) is 6.54 Å². The first-order valence-electron chi connectivity index (χ1n) is 6.47. The molecule has 1 saturated carbocycles. The van der Waals surface area contributed by atoms with Crippen molar-refractivity contribution in [3.05, 3.63) is 29.1 Å². The number of carbonyl (C=O) groups excluding carboxylic acids is 1. The standard InChI is InChI=1S/C14H20N2O/c1-3-15-14(17)12-8-10(2)16-9-13(12)11-6-4-5-7-11/h8-9,11H,3-7H2,1-2H3,(H,15,17). The van der Waals surface area contributed by atoms with Crippen molar-refractivity contribution in [2.24, 2.45) is 0 Å². The van der Waals surface area contributed by atoms with Crippen LogP contribution < -0.4 is 5.32 Å². The molecule has 1 heterocycles. The lowest BCUT2D eigenvalue weighted by Gasteiger charge is -2.14. The maximum atomic E-state index is 12.0. The second-order valence-electron chi connectivity index (χ2n) is 4.75. The normalized spacial score (nSPS) is 16.1. The zero-order valence-corrected chi connectivity index (χ0v) is 10.6. The fraction of sp³-hybridized carbons (Fsp3) is 0.571. The van der Waals surface area contributed by atoms with E-state index in [9.17, 15) is 4.79 Å². The highest BCUT2D eigenvalue weighted by Gasteiger charge is 2.22. The quantitative estimate of drug-likeness (QED) is 0.870. The van der Waals surface area contributed by atoms with Crippen molar-refractivity contribution >= 4 is 5.91 Å². The van der Waals surface area contributed by atoms with E-state index in [0.717, 1.165) is 16.8 Å². The Bertz CT molecular complexity index is 409. The Balaban J connectivity index is 2.33. The largest absolute Gasteiger partial charge is 0.352 e. The third-order valence-electron chi connectivity index (χ3n) is 3.45. The molecule has 1 fully saturated rings. The van der Waals surface area contributed by atoms with E-state index in [4.69, 9.17) is 0 Å². The molecule has 17 heavy (non-hydrogen) atoms. The molecule has 1 aliphatic carbocycles. The molecule has 1 N–H and O–H groups in total. The van der Waals surface area contributed by atoms with Crippen LogP contribution in [0.3, 0.4) is 0 Å². The molecule has 1 aromatic rings. The molecule has 0 bridgehead atoms. The Morgan fingerprint density at radius 2 is 2.18 bits per heavy atom. The molecule has 0 radical (unpaired) electrons. The number of hydrogen-bond acceptors (Lipinski definition) is 2. The summed E-state index contributed by atoms with van der Waals surface area (Å²) in [6.45, 7) is 4.55. The first kappa shape index (κ1) is 12.1. The van der Waals surface area contributed by atoms with Gasteiger partial charge in [-0.05, 0) is 44.2 Å². The monoisotopic (exact) mass is 232 g/mol. The minimum Gasteiger partial charge on any atom is -0.352 e. The van der Waals surface area contributed by atoms with Crippen LogP contribution in [0.2, 0.25) is 0 Å². The number of hydrogen-bond donors (Lipinski definition) is 1. The summed E-state index contributed by atoms with van der Waals surface area (Å²) in [6.07, 6.45) is 6.82. The fourth-order valence-electron chi connectivity index (χ4n) is 2.58. The molecule has 3 nitrogen and oxygen atoms in total. The summed E-state index contributed by atoms with van der Waals surface area (Å²) in [5.74, 6) is 0.570. The van der Waals surface area contributed by atoms with Gasteiger partial charge in [0.1, 0.15) is 0 Å². The molecule has 1 aromatic heterocycles. The Kier molecular flexibility index (Phi) is 3.77. The van der Waals surface area contributed by atoms with Gasteiger partial charge in [0, 0.05) is 24.0 Å². The van der Waals surface area contributed by atoms with E-state index in [0.29, 0.717) is 12.5 Å². The predicted molar refractivity (Wildman–Crippen MR) is 68.2 cm³/mol. The van der Waals surface area contributed by atoms with E-state index in [1.807, 2.05) is 26.1 Å². The van der Waals surface area contributed by atoms with Crippen molar-refractivity contribution in [2.45, 2.75) is 45.4 Å². The van der Waals surface area contributed by atoms with Crippen molar-refractivity contribution in [1.82, 2.24) is 10.3 Å². The molecule has 92 valence electrons. The second-order valence-corrected chi connectivity index (χ2v) is 4.75. The maximum Gasteiger partial charge on any atom is 0.251 e. The predicted octanol–water partition coefficient (Wildman–Crippen LogP) is 2.80. The van der Waals surface area contributed by atoms with Crippen LogP contribution in [0.25, 0.3) is 0 Å². The van der Waals surface area contributed by atoms with Gasteiger partial charge in [0.2, 0.25) is 0 Å². The van der Waals surface area contributed by atoms with E-state index in [2.05, 4.69) is 10.3 Å². The summed E-state index contributed by atoms with van der Waals surface area (Å²) in [4.78, 5) is 16.4. The molecule has 0 unspecified atom stereocenters. The van der Waals surface area contributed by atoms with Crippen LogP contribution in [0.1, 0.15) is 60.1 Å². The van der Waals surface area contributed by atoms with E-state index < -0.39 is 0 Å². The second kappa shape index (κ2) is 5.30. The van der Waals surface area contributed by atoms with Crippen molar-refractivity contribution in [1.29, 1.82) is 0 Å². The zero-order chi connectivity index (χ0) is 12.3. The molecule has 0 aromatic carbocycles. The van der Waals surface area contributed by atoms with Crippen LogP contribution in [0.4, 0.5) is 0 Å². The molecule has 2 rings (SSSR count). The molecular weight excluding hydrogens is 212 g/mol. The highest BCUT2D eigenvalue weighted by molar-refractivity contribution is 5.95. The van der Waals surface area contributed by atoms with E-state index >= 15 is 0 Å². The van der Waals surface area contributed by atoms with Crippen molar-refractivity contribution in [3.63, 3.8) is 0 Å². The summed E-state index contributed by atoms with van der Waals surface area (Å²) in [6, 6.07) is 1.92. The smallest absolute Gasteiger partial charge is 0.251 e. The average molecular weight is 232 g/mol. The van der Waals surface area contributed by atoms with Gasteiger partial charge < -0.3 is 5.32 Å². The zero-order valence-electron chi connectivity index (χ0n) is 10.6. The number of pyridine rings is 1. The molecule has 0 aliphatic heterocycles. The van der Waals surface area contributed by atoms with Crippen LogP contribution in [0.15, 0.2) is 12.3 Å². The van der Waals surface area contributed by atoms with Crippen LogP contribution in [0.5, 0.6) is 0 Å². The summed E-state index contributed by atoms with van der Waals surface area (Å²) in [5.41, 5.74) is 2.87. The van der Waals surface area contributed by atoms with Gasteiger partial charge in [-0.25, -0.2) is 0 Å². The van der Waals surface area contributed by atoms with Gasteiger partial charge in [0.05, 0.1) is 0 Å². The topological polar surface area (TPSA) is 42.0 Å². The first-order valence-corrected chi connectivity index (χ1v) is 6.47. The SMILES string of the molecule is CCNC(=O)c1cc(C)ncc1C1CCCC1. The minimum absolute atomic E-state index is 0.0416. The summed E-state index contributed by atoms with van der Waals surface area (Å²) < 4.78 is 0. The van der Waals surface area contributed by atoms with Crippen LogP contribution in [-0.4, -0.2) is 17.4 Å². The summed E-state index contributed by atoms with van der Waals surface area (Å²) >= 11 is 0. The fourth-order valence-corrected chi connectivity index (χ4v) is 2.58. The number of carbonyl (C=O) groups is 1. The highest BCUT2D eigenvalue weighted by Crippen LogP contribution is 2.35. The molecule has 0 atom stereocenters. The van der Waals surface area contributed by atoms with Gasteiger partial charge >= 0.3 is 0 Å². The maximum absolute atomic E-state index is 12.0. The van der Waals surface area contributed by atoms with Gasteiger partial charge in [-0.15, -0.1) is 0 Å². The Morgan fingerprint density at radius 1 is 1.47 bits per heavy atom. The summed E-state index contributed by atoms with van der Waals surface area (Å²) in [5, 5.41) is 2.89. The number of rotatable bonds is 3. The Labute approximate surface area is 103 Å². The molecule has 0 spiro atoms. The van der Waals surface area contributed by atoms with Crippen molar-refractivity contribution in [3.8, 4) is 0 Å². The Hall–Kier alpha value is -1.38. The third kappa shape index (κ3) is 2.65. The third-order valence-corrected chi connectivity index (χ3v) is 3.45. The van der Waals surface area contributed by atoms with Crippen molar-refractivity contribution < 1.29 is 4.79 Å². The first-order chi connectivity index (χ1) is 8.22. The van der Waals surface area contributed by atoms with E-state index in [1.54, 1.807) is 0 Å². The lowest BCUT2D eigenvalue weighted by atomic mass is 9.94. The Morgan fingerprint density at radius 3 is 2.82 bits per heavy atom. The molecule has 3 heteroatoms. The van der Waals surface area contributed by atoms with E-state index in [-0.39, 0.29) is 5.91 Å². The lowest BCUT2D eigenvalue weighted by Crippen LogP contribution is -2.24. The average Bonchev–Trinajstić information content (AvgIpc) is 2.82. The molecule has 1 aliphatic rings. The van der Waals surface area contributed by atoms with Gasteiger partial charge in [-0.1, -0.05) is 12.8 Å². The minimum atomic E-state index is 0.0416. The summed E-state index contributed by atoms with van der Waals surface area (Å²) in [7, 11) is 0. The highest BCUT2D eigenvalue weighted by atomic mass is 16.1. The number of nitrogens with one attached hydrogen (secondary N) is 1.